The standard InChI is InChI=1S/C58H36N4/c1-3-16-37(17-4-1)40-21-15-22-41(34-40)61-53-32-30-38-18-7-8-23-42(38)56(53)49-35-48-45-26-12-14-29-51(45)62(54(48)36-55(49)61)52-33-31-46(43-24-9-10-25-44(43)52)58-59-50-28-13-11-27-47(50)57(60-58)39-19-5-2-6-20-39/h1-36H. The van der Waals surface area contributed by atoms with Gasteiger partial charge in [-0.1, -0.05) is 164 Å². The monoisotopic (exact) mass is 788 g/mol. The molecule has 0 amide bonds. The maximum atomic E-state index is 5.30. The fourth-order valence-electron chi connectivity index (χ4n) is 9.93. The van der Waals surface area contributed by atoms with E-state index in [1.165, 1.54) is 49.0 Å². The van der Waals surface area contributed by atoms with Gasteiger partial charge in [-0.05, 0) is 81.9 Å². The largest absolute Gasteiger partial charge is 0.309 e. The van der Waals surface area contributed by atoms with Gasteiger partial charge in [-0.2, -0.15) is 0 Å². The van der Waals surface area contributed by atoms with Crippen molar-refractivity contribution in [2.24, 2.45) is 0 Å². The van der Waals surface area contributed by atoms with Gasteiger partial charge in [0.05, 0.1) is 39.0 Å². The first-order chi connectivity index (χ1) is 30.8. The maximum absolute atomic E-state index is 5.30. The van der Waals surface area contributed by atoms with Crippen LogP contribution in [0.25, 0.3) is 121 Å². The third-order valence-corrected chi connectivity index (χ3v) is 12.7. The van der Waals surface area contributed by atoms with E-state index < -0.39 is 0 Å². The highest BCUT2D eigenvalue weighted by Gasteiger charge is 2.22. The van der Waals surface area contributed by atoms with E-state index >= 15 is 0 Å². The smallest absolute Gasteiger partial charge is 0.161 e. The zero-order chi connectivity index (χ0) is 40.7. The molecule has 0 radical (unpaired) electrons. The second-order valence-corrected chi connectivity index (χ2v) is 16.1. The first kappa shape index (κ1) is 34.5. The van der Waals surface area contributed by atoms with Gasteiger partial charge in [0.1, 0.15) is 0 Å². The quantitative estimate of drug-likeness (QED) is 0.174. The second-order valence-electron chi connectivity index (χ2n) is 16.1. The molecular weight excluding hydrogens is 753 g/mol. The Kier molecular flexibility index (Phi) is 7.57. The summed E-state index contributed by atoms with van der Waals surface area (Å²) in [5, 5.41) is 10.7. The van der Waals surface area contributed by atoms with Crippen LogP contribution >= 0.6 is 0 Å². The summed E-state index contributed by atoms with van der Waals surface area (Å²) < 4.78 is 4.93. The van der Waals surface area contributed by atoms with Crippen LogP contribution in [0.2, 0.25) is 0 Å². The molecule has 0 N–H and O–H groups in total. The molecule has 10 aromatic carbocycles. The molecule has 13 rings (SSSR count). The fraction of sp³-hybridized carbons (Fsp3) is 0. The molecule has 4 nitrogen and oxygen atoms in total. The third kappa shape index (κ3) is 5.20. The Morgan fingerprint density at radius 2 is 0.984 bits per heavy atom. The van der Waals surface area contributed by atoms with E-state index in [9.17, 15) is 0 Å². The van der Waals surface area contributed by atoms with E-state index in [4.69, 9.17) is 9.97 Å². The third-order valence-electron chi connectivity index (χ3n) is 12.7. The van der Waals surface area contributed by atoms with Crippen molar-refractivity contribution in [3.8, 4) is 45.1 Å². The van der Waals surface area contributed by atoms with Gasteiger partial charge in [0.15, 0.2) is 5.82 Å². The van der Waals surface area contributed by atoms with Crippen molar-refractivity contribution < 1.29 is 0 Å². The van der Waals surface area contributed by atoms with Crippen LogP contribution in [0, 0.1) is 0 Å². The van der Waals surface area contributed by atoms with Crippen LogP contribution < -0.4 is 0 Å². The van der Waals surface area contributed by atoms with Crippen molar-refractivity contribution in [2.75, 3.05) is 0 Å². The van der Waals surface area contributed by atoms with E-state index in [1.54, 1.807) is 0 Å². The lowest BCUT2D eigenvalue weighted by molar-refractivity contribution is 1.17. The van der Waals surface area contributed by atoms with Gasteiger partial charge in [0.25, 0.3) is 0 Å². The van der Waals surface area contributed by atoms with Crippen molar-refractivity contribution in [2.45, 2.75) is 0 Å². The summed E-state index contributed by atoms with van der Waals surface area (Å²) in [4.78, 5) is 10.5. The minimum absolute atomic E-state index is 0.712. The number of rotatable bonds is 5. The minimum Gasteiger partial charge on any atom is -0.309 e. The predicted molar refractivity (Wildman–Crippen MR) is 260 cm³/mol. The SMILES string of the molecule is c1ccc(-c2cccc(-n3c4cc5c(cc4c4c6ccccc6ccc43)c3ccccc3n5-c3ccc(-c4nc(-c5ccccc5)c5ccccc5n4)c4ccccc34)c2)cc1. The molecule has 3 aromatic heterocycles. The number of para-hydroxylation sites is 2. The predicted octanol–water partition coefficient (Wildman–Crippen LogP) is 15.1. The first-order valence-electron chi connectivity index (χ1n) is 21.2. The highest BCUT2D eigenvalue weighted by atomic mass is 15.0. The molecule has 62 heavy (non-hydrogen) atoms. The van der Waals surface area contributed by atoms with Gasteiger partial charge in [-0.25, -0.2) is 9.97 Å². The summed E-state index contributed by atoms with van der Waals surface area (Å²) in [5.74, 6) is 0.712. The van der Waals surface area contributed by atoms with E-state index in [1.807, 2.05) is 6.07 Å². The second kappa shape index (κ2) is 13.6. The number of nitrogens with zero attached hydrogens (tertiary/aromatic N) is 4. The Morgan fingerprint density at radius 3 is 1.82 bits per heavy atom. The number of aromatic nitrogens is 4. The van der Waals surface area contributed by atoms with E-state index in [-0.39, 0.29) is 0 Å². The molecule has 13 aromatic rings. The fourth-order valence-corrected chi connectivity index (χ4v) is 9.93. The number of fused-ring (bicyclic) bond motifs is 10. The molecule has 0 spiro atoms. The first-order valence-corrected chi connectivity index (χ1v) is 21.2. The van der Waals surface area contributed by atoms with Crippen molar-refractivity contribution in [3.63, 3.8) is 0 Å². The normalized spacial score (nSPS) is 11.9. The van der Waals surface area contributed by atoms with E-state index in [0.717, 1.165) is 66.4 Å². The Bertz CT molecular complexity index is 3920. The van der Waals surface area contributed by atoms with Gasteiger partial charge in [0, 0.05) is 49.1 Å². The molecule has 0 aliphatic carbocycles. The Balaban J connectivity index is 1.10. The van der Waals surface area contributed by atoms with Crippen LogP contribution in [-0.4, -0.2) is 19.1 Å². The topological polar surface area (TPSA) is 35.6 Å². The zero-order valence-electron chi connectivity index (χ0n) is 33.6. The molecule has 3 heterocycles. The van der Waals surface area contributed by atoms with Gasteiger partial charge >= 0.3 is 0 Å². The van der Waals surface area contributed by atoms with Crippen molar-refractivity contribution in [1.29, 1.82) is 0 Å². The lowest BCUT2D eigenvalue weighted by atomic mass is 10.0. The molecule has 0 saturated carbocycles. The summed E-state index contributed by atoms with van der Waals surface area (Å²) in [7, 11) is 0. The average Bonchev–Trinajstić information content (AvgIpc) is 3.85. The minimum atomic E-state index is 0.712. The maximum Gasteiger partial charge on any atom is 0.161 e. The van der Waals surface area contributed by atoms with E-state index in [2.05, 4.69) is 221 Å². The van der Waals surface area contributed by atoms with Gasteiger partial charge in [0.2, 0.25) is 0 Å². The van der Waals surface area contributed by atoms with Gasteiger partial charge < -0.3 is 9.13 Å². The van der Waals surface area contributed by atoms with E-state index in [0.29, 0.717) is 5.82 Å². The molecule has 4 heteroatoms. The average molecular weight is 789 g/mol. The van der Waals surface area contributed by atoms with Gasteiger partial charge in [-0.3, -0.25) is 0 Å². The zero-order valence-corrected chi connectivity index (χ0v) is 33.6. The molecular formula is C58H36N4. The molecule has 0 aliphatic rings. The van der Waals surface area contributed by atoms with Crippen molar-refractivity contribution in [1.82, 2.24) is 19.1 Å². The molecule has 0 fully saturated rings. The number of hydrogen-bond donors (Lipinski definition) is 0. The number of hydrogen-bond acceptors (Lipinski definition) is 2. The molecule has 0 atom stereocenters. The Hall–Kier alpha value is -8.34. The van der Waals surface area contributed by atoms with Crippen LogP contribution in [0.4, 0.5) is 0 Å². The molecule has 0 unspecified atom stereocenters. The molecule has 0 bridgehead atoms. The summed E-state index contributed by atoms with van der Waals surface area (Å²) in [6.45, 7) is 0. The van der Waals surface area contributed by atoms with Crippen LogP contribution in [0.5, 0.6) is 0 Å². The van der Waals surface area contributed by atoms with Crippen molar-refractivity contribution >= 4 is 76.1 Å². The van der Waals surface area contributed by atoms with Crippen molar-refractivity contribution in [3.05, 3.63) is 218 Å². The molecule has 288 valence electrons. The lowest BCUT2D eigenvalue weighted by Gasteiger charge is -2.16. The summed E-state index contributed by atoms with van der Waals surface area (Å²) in [5.41, 5.74) is 13.2. The summed E-state index contributed by atoms with van der Waals surface area (Å²) in [6, 6.07) is 78.6. The number of benzene rings is 10. The van der Waals surface area contributed by atoms with Gasteiger partial charge in [-0.15, -0.1) is 0 Å². The summed E-state index contributed by atoms with van der Waals surface area (Å²) >= 11 is 0. The highest BCUT2D eigenvalue weighted by molar-refractivity contribution is 6.25. The van der Waals surface area contributed by atoms with Crippen LogP contribution in [0.1, 0.15) is 0 Å². The van der Waals surface area contributed by atoms with Crippen LogP contribution in [-0.2, 0) is 0 Å². The Labute approximate surface area is 357 Å². The van der Waals surface area contributed by atoms with Crippen LogP contribution in [0.3, 0.4) is 0 Å². The lowest BCUT2D eigenvalue weighted by Crippen LogP contribution is -1.99. The highest BCUT2D eigenvalue weighted by Crippen LogP contribution is 2.44. The summed E-state index contributed by atoms with van der Waals surface area (Å²) in [6.07, 6.45) is 0. The molecule has 0 saturated heterocycles. The van der Waals surface area contributed by atoms with Crippen LogP contribution in [0.15, 0.2) is 218 Å². The Morgan fingerprint density at radius 1 is 0.323 bits per heavy atom. The molecule has 0 aliphatic heterocycles.